The number of rotatable bonds is 7. The predicted octanol–water partition coefficient (Wildman–Crippen LogP) is 2.06. The van der Waals surface area contributed by atoms with E-state index in [0.29, 0.717) is 37.1 Å². The smallest absolute Gasteiger partial charge is 0.221 e. The number of piperidine rings is 1. The topological polar surface area (TPSA) is 50.8 Å². The molecule has 1 saturated heterocycles. The lowest BCUT2D eigenvalue weighted by Crippen LogP contribution is -2.40. The number of ether oxygens (including phenoxy) is 2. The molecule has 1 aliphatic rings. The van der Waals surface area contributed by atoms with Gasteiger partial charge in [0, 0.05) is 12.5 Å². The van der Waals surface area contributed by atoms with Gasteiger partial charge in [0.2, 0.25) is 5.91 Å². The normalized spacial score (nSPS) is 18.7. The average Bonchev–Trinajstić information content (AvgIpc) is 2.54. The van der Waals surface area contributed by atoms with Gasteiger partial charge >= 0.3 is 0 Å². The Hall–Kier alpha value is -1.75. The van der Waals surface area contributed by atoms with Gasteiger partial charge in [0.05, 0.1) is 13.7 Å². The first kappa shape index (κ1) is 16.6. The van der Waals surface area contributed by atoms with Gasteiger partial charge in [-0.3, -0.25) is 4.79 Å². The van der Waals surface area contributed by atoms with E-state index >= 15 is 0 Å². The van der Waals surface area contributed by atoms with Gasteiger partial charge in [0.15, 0.2) is 11.5 Å². The molecule has 1 atom stereocenters. The van der Waals surface area contributed by atoms with Crippen LogP contribution in [0.4, 0.5) is 0 Å². The van der Waals surface area contributed by atoms with Crippen molar-refractivity contribution in [3.05, 3.63) is 24.3 Å². The maximum absolute atomic E-state index is 12.0. The van der Waals surface area contributed by atoms with Crippen molar-refractivity contribution in [3.63, 3.8) is 0 Å². The Labute approximate surface area is 132 Å². The van der Waals surface area contributed by atoms with E-state index in [1.165, 1.54) is 12.8 Å². The first-order valence-corrected chi connectivity index (χ1v) is 7.93. The molecular formula is C17H26N2O3. The zero-order valence-corrected chi connectivity index (χ0v) is 13.5. The summed E-state index contributed by atoms with van der Waals surface area (Å²) in [6.45, 7) is 2.04. The lowest BCUT2D eigenvalue weighted by Gasteiger charge is -2.31. The van der Waals surface area contributed by atoms with Crippen LogP contribution in [0, 0.1) is 0 Å². The van der Waals surface area contributed by atoms with Crippen molar-refractivity contribution in [2.75, 3.05) is 33.9 Å². The summed E-state index contributed by atoms with van der Waals surface area (Å²) in [6, 6.07) is 7.89. The van der Waals surface area contributed by atoms with Gasteiger partial charge in [0.1, 0.15) is 6.61 Å². The molecule has 5 nitrogen and oxygen atoms in total. The Morgan fingerprint density at radius 3 is 2.82 bits per heavy atom. The van der Waals surface area contributed by atoms with Crippen LogP contribution in [0.5, 0.6) is 11.5 Å². The van der Waals surface area contributed by atoms with E-state index in [1.807, 2.05) is 24.3 Å². The molecule has 1 aromatic rings. The number of para-hydroxylation sites is 2. The lowest BCUT2D eigenvalue weighted by atomic mass is 10.00. The number of likely N-dealkylation sites (tertiary alicyclic amines) is 1. The van der Waals surface area contributed by atoms with Crippen LogP contribution in [0.2, 0.25) is 0 Å². The number of nitrogens with one attached hydrogen (secondary N) is 1. The molecular weight excluding hydrogens is 280 g/mol. The van der Waals surface area contributed by atoms with Gasteiger partial charge in [-0.2, -0.15) is 0 Å². The molecule has 2 rings (SSSR count). The summed E-state index contributed by atoms with van der Waals surface area (Å²) in [5, 5.41) is 2.93. The molecule has 5 heteroatoms. The number of carbonyl (C=O) groups excluding carboxylic acids is 1. The summed E-state index contributed by atoms with van der Waals surface area (Å²) in [5.41, 5.74) is 0. The fourth-order valence-electron chi connectivity index (χ4n) is 2.78. The van der Waals surface area contributed by atoms with E-state index in [4.69, 9.17) is 9.47 Å². The maximum Gasteiger partial charge on any atom is 0.221 e. The van der Waals surface area contributed by atoms with Crippen LogP contribution in [0.1, 0.15) is 25.7 Å². The average molecular weight is 306 g/mol. The molecule has 0 radical (unpaired) electrons. The molecule has 0 aromatic heterocycles. The van der Waals surface area contributed by atoms with Crippen LogP contribution in [0.3, 0.4) is 0 Å². The lowest BCUT2D eigenvalue weighted by molar-refractivity contribution is -0.122. The molecule has 1 N–H and O–H groups in total. The first-order chi connectivity index (χ1) is 10.7. The van der Waals surface area contributed by atoms with E-state index in [-0.39, 0.29) is 5.91 Å². The molecule has 1 fully saturated rings. The van der Waals surface area contributed by atoms with Crippen molar-refractivity contribution in [2.24, 2.45) is 0 Å². The molecule has 0 spiro atoms. The standard InChI is InChI=1S/C17H26N2O3/c1-19-11-6-5-7-14(19)13-17(20)18-10-12-22-16-9-4-3-8-15(16)21-2/h3-4,8-9,14H,5-7,10-13H2,1-2H3,(H,18,20)/t14-/m1/s1. The second kappa shape index (κ2) is 8.63. The Morgan fingerprint density at radius 1 is 1.32 bits per heavy atom. The van der Waals surface area contributed by atoms with Crippen molar-refractivity contribution < 1.29 is 14.3 Å². The SMILES string of the molecule is COc1ccccc1OCCNC(=O)C[C@H]1CCCCN1C. The van der Waals surface area contributed by atoms with Gasteiger partial charge in [-0.15, -0.1) is 0 Å². The minimum absolute atomic E-state index is 0.0994. The quantitative estimate of drug-likeness (QED) is 0.784. The summed E-state index contributed by atoms with van der Waals surface area (Å²) < 4.78 is 10.9. The van der Waals surface area contributed by atoms with Crippen LogP contribution in [0.15, 0.2) is 24.3 Å². The molecule has 0 aliphatic carbocycles. The molecule has 1 aliphatic heterocycles. The molecule has 1 amide bonds. The summed E-state index contributed by atoms with van der Waals surface area (Å²) in [4.78, 5) is 14.3. The molecule has 1 aromatic carbocycles. The summed E-state index contributed by atoms with van der Waals surface area (Å²) in [6.07, 6.45) is 4.15. The van der Waals surface area contributed by atoms with E-state index in [9.17, 15) is 4.79 Å². The van der Waals surface area contributed by atoms with Gasteiger partial charge in [0.25, 0.3) is 0 Å². The van der Waals surface area contributed by atoms with Crippen LogP contribution >= 0.6 is 0 Å². The largest absolute Gasteiger partial charge is 0.493 e. The highest BCUT2D eigenvalue weighted by molar-refractivity contribution is 5.76. The number of methoxy groups -OCH3 is 1. The fourth-order valence-corrected chi connectivity index (χ4v) is 2.78. The zero-order valence-electron chi connectivity index (χ0n) is 13.5. The molecule has 0 saturated carbocycles. The van der Waals surface area contributed by atoms with Gasteiger partial charge in [-0.25, -0.2) is 0 Å². The van der Waals surface area contributed by atoms with Crippen molar-refractivity contribution in [1.29, 1.82) is 0 Å². The molecule has 1 heterocycles. The third-order valence-electron chi connectivity index (χ3n) is 4.09. The summed E-state index contributed by atoms with van der Waals surface area (Å²) >= 11 is 0. The zero-order chi connectivity index (χ0) is 15.8. The van der Waals surface area contributed by atoms with Crippen LogP contribution in [-0.2, 0) is 4.79 Å². The highest BCUT2D eigenvalue weighted by atomic mass is 16.5. The highest BCUT2D eigenvalue weighted by Gasteiger charge is 2.21. The number of amides is 1. The monoisotopic (exact) mass is 306 g/mol. The van der Waals surface area contributed by atoms with Gasteiger partial charge < -0.3 is 19.7 Å². The van der Waals surface area contributed by atoms with Gasteiger partial charge in [-0.1, -0.05) is 18.6 Å². The van der Waals surface area contributed by atoms with E-state index in [2.05, 4.69) is 17.3 Å². The van der Waals surface area contributed by atoms with Gasteiger partial charge in [-0.05, 0) is 38.6 Å². The van der Waals surface area contributed by atoms with Crippen molar-refractivity contribution in [3.8, 4) is 11.5 Å². The minimum Gasteiger partial charge on any atom is -0.493 e. The number of hydrogen-bond acceptors (Lipinski definition) is 4. The van der Waals surface area contributed by atoms with E-state index in [1.54, 1.807) is 7.11 Å². The second-order valence-electron chi connectivity index (χ2n) is 5.68. The molecule has 22 heavy (non-hydrogen) atoms. The number of benzene rings is 1. The van der Waals surface area contributed by atoms with E-state index in [0.717, 1.165) is 13.0 Å². The number of carbonyl (C=O) groups is 1. The van der Waals surface area contributed by atoms with Crippen LogP contribution < -0.4 is 14.8 Å². The highest BCUT2D eigenvalue weighted by Crippen LogP contribution is 2.25. The first-order valence-electron chi connectivity index (χ1n) is 7.93. The van der Waals surface area contributed by atoms with Crippen molar-refractivity contribution in [1.82, 2.24) is 10.2 Å². The number of nitrogens with zero attached hydrogens (tertiary/aromatic N) is 1. The minimum atomic E-state index is 0.0994. The van der Waals surface area contributed by atoms with Crippen LogP contribution in [-0.4, -0.2) is 50.7 Å². The Morgan fingerprint density at radius 2 is 2.09 bits per heavy atom. The Balaban J connectivity index is 1.66. The van der Waals surface area contributed by atoms with E-state index < -0.39 is 0 Å². The molecule has 122 valence electrons. The third-order valence-corrected chi connectivity index (χ3v) is 4.09. The summed E-state index contributed by atoms with van der Waals surface area (Å²) in [5.74, 6) is 1.51. The van der Waals surface area contributed by atoms with Crippen LogP contribution in [0.25, 0.3) is 0 Å². The predicted molar refractivity (Wildman–Crippen MR) is 86.4 cm³/mol. The third kappa shape index (κ3) is 4.91. The van der Waals surface area contributed by atoms with Crippen molar-refractivity contribution in [2.45, 2.75) is 31.7 Å². The second-order valence-corrected chi connectivity index (χ2v) is 5.68. The fraction of sp³-hybridized carbons (Fsp3) is 0.588. The number of hydrogen-bond donors (Lipinski definition) is 1. The molecule has 0 unspecified atom stereocenters. The Kier molecular flexibility index (Phi) is 6.52. The Bertz CT molecular complexity index is 479. The molecule has 0 bridgehead atoms. The van der Waals surface area contributed by atoms with Crippen molar-refractivity contribution >= 4 is 5.91 Å². The summed E-state index contributed by atoms with van der Waals surface area (Å²) in [7, 11) is 3.71. The maximum atomic E-state index is 12.0.